The van der Waals surface area contributed by atoms with E-state index in [2.05, 4.69) is 29.0 Å². The molecule has 0 aliphatic heterocycles. The molecular formula is C17H15ClN2O. The molecule has 0 fully saturated rings. The van der Waals surface area contributed by atoms with E-state index < -0.39 is 0 Å². The number of ether oxygens (including phenoxy) is 1. The second-order valence-corrected chi connectivity index (χ2v) is 5.15. The van der Waals surface area contributed by atoms with Crippen molar-refractivity contribution in [1.29, 1.82) is 0 Å². The molecule has 2 aromatic carbocycles. The zero-order valence-electron chi connectivity index (χ0n) is 11.7. The Morgan fingerprint density at radius 1 is 1.00 bits per heavy atom. The molecule has 0 aliphatic carbocycles. The summed E-state index contributed by atoms with van der Waals surface area (Å²) in [4.78, 5) is 8.38. The molecular weight excluding hydrogens is 284 g/mol. The summed E-state index contributed by atoms with van der Waals surface area (Å²) in [6.45, 7) is 2.17. The van der Waals surface area contributed by atoms with Crippen LogP contribution in [0.15, 0.2) is 48.5 Å². The van der Waals surface area contributed by atoms with Crippen molar-refractivity contribution in [3.8, 4) is 11.6 Å². The average Bonchev–Trinajstić information content (AvgIpc) is 2.49. The zero-order valence-corrected chi connectivity index (χ0v) is 12.5. The van der Waals surface area contributed by atoms with Crippen LogP contribution >= 0.6 is 11.6 Å². The fraction of sp³-hybridized carbons (Fsp3) is 0.176. The van der Waals surface area contributed by atoms with E-state index in [0.29, 0.717) is 5.88 Å². The monoisotopic (exact) mass is 298 g/mol. The van der Waals surface area contributed by atoms with Crippen molar-refractivity contribution in [3.05, 3.63) is 59.4 Å². The fourth-order valence-electron chi connectivity index (χ4n) is 2.22. The van der Waals surface area contributed by atoms with Gasteiger partial charge >= 0.3 is 0 Å². The molecule has 0 bridgehead atoms. The van der Waals surface area contributed by atoms with Crippen molar-refractivity contribution >= 4 is 22.5 Å². The van der Waals surface area contributed by atoms with Gasteiger partial charge in [-0.25, -0.2) is 4.98 Å². The van der Waals surface area contributed by atoms with Crippen LogP contribution in [0.3, 0.4) is 0 Å². The summed E-state index contributed by atoms with van der Waals surface area (Å²) in [6.07, 6.45) is 2.20. The number of rotatable bonds is 4. The molecule has 0 amide bonds. The van der Waals surface area contributed by atoms with Crippen LogP contribution in [0.1, 0.15) is 18.9 Å². The molecule has 3 rings (SSSR count). The number of halogens is 1. The van der Waals surface area contributed by atoms with Gasteiger partial charge in [-0.1, -0.05) is 37.6 Å². The minimum Gasteiger partial charge on any atom is -0.438 e. The van der Waals surface area contributed by atoms with Gasteiger partial charge in [-0.05, 0) is 47.9 Å². The standard InChI is InChI=1S/C17H15ClN2O/c1-2-5-12-8-10-13(11-9-12)21-16-14-6-3-4-7-15(14)19-17(18)20-16/h3-4,6-11H,2,5H2,1H3. The van der Waals surface area contributed by atoms with Crippen molar-refractivity contribution in [1.82, 2.24) is 9.97 Å². The van der Waals surface area contributed by atoms with Gasteiger partial charge in [-0.15, -0.1) is 0 Å². The summed E-state index contributed by atoms with van der Waals surface area (Å²) in [6, 6.07) is 15.7. The summed E-state index contributed by atoms with van der Waals surface area (Å²) >= 11 is 5.95. The number of fused-ring (bicyclic) bond motifs is 1. The number of benzene rings is 2. The first-order valence-corrected chi connectivity index (χ1v) is 7.33. The average molecular weight is 299 g/mol. The summed E-state index contributed by atoms with van der Waals surface area (Å²) in [7, 11) is 0. The Morgan fingerprint density at radius 2 is 1.76 bits per heavy atom. The third-order valence-electron chi connectivity index (χ3n) is 3.22. The first-order chi connectivity index (χ1) is 10.3. The molecule has 0 N–H and O–H groups in total. The van der Waals surface area contributed by atoms with Crippen LogP contribution in [0, 0.1) is 0 Å². The van der Waals surface area contributed by atoms with Gasteiger partial charge in [0, 0.05) is 0 Å². The van der Waals surface area contributed by atoms with Gasteiger partial charge in [0.05, 0.1) is 10.9 Å². The van der Waals surface area contributed by atoms with E-state index in [1.165, 1.54) is 5.56 Å². The normalized spacial score (nSPS) is 10.8. The molecule has 21 heavy (non-hydrogen) atoms. The lowest BCUT2D eigenvalue weighted by Crippen LogP contribution is -1.93. The molecule has 0 spiro atoms. The molecule has 0 saturated carbocycles. The van der Waals surface area contributed by atoms with Crippen molar-refractivity contribution in [2.75, 3.05) is 0 Å². The van der Waals surface area contributed by atoms with E-state index in [4.69, 9.17) is 16.3 Å². The smallest absolute Gasteiger partial charge is 0.231 e. The highest BCUT2D eigenvalue weighted by atomic mass is 35.5. The van der Waals surface area contributed by atoms with E-state index >= 15 is 0 Å². The van der Waals surface area contributed by atoms with Gasteiger partial charge in [-0.3, -0.25) is 0 Å². The van der Waals surface area contributed by atoms with Crippen molar-refractivity contribution in [3.63, 3.8) is 0 Å². The molecule has 3 nitrogen and oxygen atoms in total. The quantitative estimate of drug-likeness (QED) is 0.634. The first kappa shape index (κ1) is 13.8. The molecule has 0 unspecified atom stereocenters. The topological polar surface area (TPSA) is 35.0 Å². The van der Waals surface area contributed by atoms with E-state index in [0.717, 1.165) is 29.5 Å². The summed E-state index contributed by atoms with van der Waals surface area (Å²) in [5.74, 6) is 1.23. The highest BCUT2D eigenvalue weighted by Crippen LogP contribution is 2.28. The predicted molar refractivity (Wildman–Crippen MR) is 85.1 cm³/mol. The van der Waals surface area contributed by atoms with Crippen LogP contribution in [0.4, 0.5) is 0 Å². The fourth-order valence-corrected chi connectivity index (χ4v) is 2.39. The minimum absolute atomic E-state index is 0.186. The van der Waals surface area contributed by atoms with Crippen molar-refractivity contribution in [2.45, 2.75) is 19.8 Å². The number of para-hydroxylation sites is 1. The van der Waals surface area contributed by atoms with Gasteiger partial charge in [0.15, 0.2) is 0 Å². The predicted octanol–water partition coefficient (Wildman–Crippen LogP) is 5.03. The maximum atomic E-state index is 5.95. The lowest BCUT2D eigenvalue weighted by Gasteiger charge is -2.08. The van der Waals surface area contributed by atoms with Crippen LogP contribution in [0.25, 0.3) is 10.9 Å². The van der Waals surface area contributed by atoms with Crippen LogP contribution in [0.5, 0.6) is 11.6 Å². The van der Waals surface area contributed by atoms with Crippen molar-refractivity contribution < 1.29 is 4.74 Å². The third kappa shape index (κ3) is 3.14. The Morgan fingerprint density at radius 3 is 2.52 bits per heavy atom. The molecule has 1 heterocycles. The van der Waals surface area contributed by atoms with Gasteiger partial charge in [0.25, 0.3) is 0 Å². The first-order valence-electron chi connectivity index (χ1n) is 6.95. The maximum Gasteiger partial charge on any atom is 0.231 e. The number of hydrogen-bond donors (Lipinski definition) is 0. The van der Waals surface area contributed by atoms with Gasteiger partial charge < -0.3 is 4.74 Å². The Bertz CT molecular complexity index is 756. The Balaban J connectivity index is 1.94. The highest BCUT2D eigenvalue weighted by Gasteiger charge is 2.08. The molecule has 3 aromatic rings. The van der Waals surface area contributed by atoms with E-state index in [1.807, 2.05) is 36.4 Å². The SMILES string of the molecule is CCCc1ccc(Oc2nc(Cl)nc3ccccc23)cc1. The molecule has 0 atom stereocenters. The second kappa shape index (κ2) is 6.10. The summed E-state index contributed by atoms with van der Waals surface area (Å²) in [5, 5.41) is 1.03. The maximum absolute atomic E-state index is 5.95. The van der Waals surface area contributed by atoms with Crippen molar-refractivity contribution in [2.24, 2.45) is 0 Å². The Kier molecular flexibility index (Phi) is 4.02. The Hall–Kier alpha value is -2.13. The number of hydrogen-bond acceptors (Lipinski definition) is 3. The third-order valence-corrected chi connectivity index (χ3v) is 3.39. The Labute approximate surface area is 128 Å². The lowest BCUT2D eigenvalue weighted by atomic mass is 10.1. The van der Waals surface area contributed by atoms with Gasteiger partial charge in [0.2, 0.25) is 11.2 Å². The molecule has 106 valence electrons. The van der Waals surface area contributed by atoms with Gasteiger partial charge in [-0.2, -0.15) is 4.98 Å². The number of aromatic nitrogens is 2. The zero-order chi connectivity index (χ0) is 14.7. The number of nitrogens with zero attached hydrogens (tertiary/aromatic N) is 2. The van der Waals surface area contributed by atoms with Crippen LogP contribution in [-0.4, -0.2) is 9.97 Å². The van der Waals surface area contributed by atoms with Crippen LogP contribution in [-0.2, 0) is 6.42 Å². The summed E-state index contributed by atoms with van der Waals surface area (Å²) in [5.41, 5.74) is 2.07. The second-order valence-electron chi connectivity index (χ2n) is 4.81. The largest absolute Gasteiger partial charge is 0.438 e. The van der Waals surface area contributed by atoms with E-state index in [1.54, 1.807) is 0 Å². The van der Waals surface area contributed by atoms with E-state index in [9.17, 15) is 0 Å². The van der Waals surface area contributed by atoms with Crippen LogP contribution in [0.2, 0.25) is 5.28 Å². The molecule has 1 aromatic heterocycles. The minimum atomic E-state index is 0.186. The highest BCUT2D eigenvalue weighted by molar-refractivity contribution is 6.28. The molecule has 0 saturated heterocycles. The molecule has 0 radical (unpaired) electrons. The van der Waals surface area contributed by atoms with Gasteiger partial charge in [0.1, 0.15) is 5.75 Å². The van der Waals surface area contributed by atoms with Crippen LogP contribution < -0.4 is 4.74 Å². The van der Waals surface area contributed by atoms with E-state index in [-0.39, 0.29) is 5.28 Å². The molecule has 0 aliphatic rings. The molecule has 4 heteroatoms. The number of aryl methyl sites for hydroxylation is 1. The lowest BCUT2D eigenvalue weighted by molar-refractivity contribution is 0.468. The summed E-state index contributed by atoms with van der Waals surface area (Å²) < 4.78 is 5.87.